The first-order chi connectivity index (χ1) is 12.0. The first-order valence-electron chi connectivity index (χ1n) is 9.79. The maximum atomic E-state index is 12.7. The molecule has 0 spiro atoms. The van der Waals surface area contributed by atoms with Gasteiger partial charge in [-0.1, -0.05) is 26.2 Å². The van der Waals surface area contributed by atoms with Crippen LogP contribution in [-0.2, 0) is 4.79 Å². The Hall–Kier alpha value is -1.33. The molecule has 0 unspecified atom stereocenters. The van der Waals surface area contributed by atoms with Crippen LogP contribution in [0.15, 0.2) is 16.5 Å². The van der Waals surface area contributed by atoms with Crippen LogP contribution in [0.5, 0.6) is 0 Å². The minimum Gasteiger partial charge on any atom is -0.466 e. The molecule has 25 heavy (non-hydrogen) atoms. The molecule has 1 saturated heterocycles. The molecule has 2 heterocycles. The number of aliphatic hydroxyl groups is 1. The zero-order chi connectivity index (χ0) is 17.8. The van der Waals surface area contributed by atoms with Crippen LogP contribution in [0, 0.1) is 6.92 Å². The van der Waals surface area contributed by atoms with Gasteiger partial charge in [-0.2, -0.15) is 0 Å². The second kappa shape index (κ2) is 8.37. The summed E-state index contributed by atoms with van der Waals surface area (Å²) in [5, 5.41) is 10.4. The Labute approximate surface area is 151 Å². The van der Waals surface area contributed by atoms with Gasteiger partial charge in [-0.25, -0.2) is 0 Å². The van der Waals surface area contributed by atoms with Gasteiger partial charge < -0.3 is 14.4 Å². The molecule has 5 heteroatoms. The average Bonchev–Trinajstić information content (AvgIpc) is 2.98. The summed E-state index contributed by atoms with van der Waals surface area (Å²) in [6.07, 6.45) is 6.34. The molecule has 1 N–H and O–H groups in total. The molecule has 5 nitrogen and oxygen atoms in total. The van der Waals surface area contributed by atoms with Crippen LogP contribution in [0.3, 0.4) is 0 Å². The Morgan fingerprint density at radius 2 is 2.00 bits per heavy atom. The van der Waals surface area contributed by atoms with Crippen LogP contribution in [0.2, 0.25) is 0 Å². The summed E-state index contributed by atoms with van der Waals surface area (Å²) in [5.74, 6) is 2.44. The number of furan rings is 1. The first kappa shape index (κ1) is 18.5. The monoisotopic (exact) mass is 348 g/mol. The molecule has 1 aliphatic heterocycles. The maximum Gasteiger partial charge on any atom is 0.237 e. The second-order valence-electron chi connectivity index (χ2n) is 7.87. The van der Waals surface area contributed by atoms with Crippen molar-refractivity contribution in [2.45, 2.75) is 70.4 Å². The molecular weight excluding hydrogens is 316 g/mol. The van der Waals surface area contributed by atoms with E-state index in [-0.39, 0.29) is 5.91 Å². The third-order valence-electron chi connectivity index (χ3n) is 5.70. The number of aliphatic hydroxyl groups excluding tert-OH is 1. The fourth-order valence-electron chi connectivity index (χ4n) is 4.18. The molecule has 140 valence electrons. The number of amides is 1. The maximum absolute atomic E-state index is 12.7. The summed E-state index contributed by atoms with van der Waals surface area (Å²) >= 11 is 0. The molecule has 2 aliphatic rings. The lowest BCUT2D eigenvalue weighted by molar-refractivity contribution is -0.134. The number of carbonyl (C=O) groups excluding carboxylic acids is 1. The van der Waals surface area contributed by atoms with E-state index in [0.29, 0.717) is 31.6 Å². The highest BCUT2D eigenvalue weighted by molar-refractivity contribution is 5.79. The number of nitrogens with zero attached hydrogens (tertiary/aromatic N) is 2. The Kier molecular flexibility index (Phi) is 6.18. The Balaban J connectivity index is 1.55. The van der Waals surface area contributed by atoms with Crippen molar-refractivity contribution in [3.05, 3.63) is 23.7 Å². The molecule has 3 rings (SSSR count). The highest BCUT2D eigenvalue weighted by atomic mass is 16.3. The molecule has 2 atom stereocenters. The first-order valence-corrected chi connectivity index (χ1v) is 9.79. The van der Waals surface area contributed by atoms with Crippen LogP contribution >= 0.6 is 0 Å². The lowest BCUT2D eigenvalue weighted by atomic mass is 9.94. The van der Waals surface area contributed by atoms with Gasteiger partial charge >= 0.3 is 0 Å². The molecular formula is C20H32N2O3. The van der Waals surface area contributed by atoms with E-state index >= 15 is 0 Å². The van der Waals surface area contributed by atoms with Crippen LogP contribution in [0.4, 0.5) is 0 Å². The smallest absolute Gasteiger partial charge is 0.237 e. The van der Waals surface area contributed by atoms with Crippen molar-refractivity contribution in [2.75, 3.05) is 26.2 Å². The normalized spacial score (nSPS) is 25.2. The summed E-state index contributed by atoms with van der Waals surface area (Å²) in [6, 6.07) is 4.36. The predicted molar refractivity (Wildman–Crippen MR) is 97.5 cm³/mol. The molecule has 1 aromatic rings. The Morgan fingerprint density at radius 3 is 2.68 bits per heavy atom. The molecule has 0 bridgehead atoms. The van der Waals surface area contributed by atoms with Crippen molar-refractivity contribution in [3.8, 4) is 0 Å². The van der Waals surface area contributed by atoms with Gasteiger partial charge in [0.15, 0.2) is 0 Å². The summed E-state index contributed by atoms with van der Waals surface area (Å²) in [4.78, 5) is 16.8. The number of hydrogen-bond donors (Lipinski definition) is 1. The van der Waals surface area contributed by atoms with E-state index in [1.54, 1.807) is 0 Å². The SMILES string of the molecule is Cc1ccc([C@@H](C)CCN2CC(=O)N(C3CCCCC3)C[C@@H](O)C2)o1. The van der Waals surface area contributed by atoms with E-state index in [9.17, 15) is 9.90 Å². The van der Waals surface area contributed by atoms with Gasteiger partial charge in [-0.15, -0.1) is 0 Å². The highest BCUT2D eigenvalue weighted by Crippen LogP contribution is 2.25. The second-order valence-corrected chi connectivity index (χ2v) is 7.87. The number of rotatable bonds is 5. The van der Waals surface area contributed by atoms with E-state index in [2.05, 4.69) is 11.8 Å². The van der Waals surface area contributed by atoms with Gasteiger partial charge in [0.1, 0.15) is 11.5 Å². The lowest BCUT2D eigenvalue weighted by Gasteiger charge is -2.34. The minimum absolute atomic E-state index is 0.185. The lowest BCUT2D eigenvalue weighted by Crippen LogP contribution is -2.45. The molecule has 1 saturated carbocycles. The quantitative estimate of drug-likeness (QED) is 0.889. The topological polar surface area (TPSA) is 56.9 Å². The van der Waals surface area contributed by atoms with Crippen molar-refractivity contribution in [2.24, 2.45) is 0 Å². The number of aryl methyl sites for hydroxylation is 1. The largest absolute Gasteiger partial charge is 0.466 e. The summed E-state index contributed by atoms with van der Waals surface area (Å²) in [5.41, 5.74) is 0. The third-order valence-corrected chi connectivity index (χ3v) is 5.70. The molecule has 0 radical (unpaired) electrons. The third kappa shape index (κ3) is 4.85. The summed E-state index contributed by atoms with van der Waals surface area (Å²) < 4.78 is 5.71. The predicted octanol–water partition coefficient (Wildman–Crippen LogP) is 2.92. The molecule has 0 aromatic carbocycles. The fourth-order valence-corrected chi connectivity index (χ4v) is 4.18. The zero-order valence-corrected chi connectivity index (χ0v) is 15.6. The fraction of sp³-hybridized carbons (Fsp3) is 0.750. The summed E-state index contributed by atoms with van der Waals surface area (Å²) in [6.45, 7) is 6.42. The van der Waals surface area contributed by atoms with Crippen LogP contribution in [-0.4, -0.2) is 59.1 Å². The van der Waals surface area contributed by atoms with Gasteiger partial charge in [-0.3, -0.25) is 9.69 Å². The number of carbonyl (C=O) groups is 1. The molecule has 1 aromatic heterocycles. The highest BCUT2D eigenvalue weighted by Gasteiger charge is 2.32. The van der Waals surface area contributed by atoms with E-state index in [0.717, 1.165) is 37.3 Å². The van der Waals surface area contributed by atoms with Crippen molar-refractivity contribution in [1.29, 1.82) is 0 Å². The standard InChI is InChI=1S/C20H32N2O3/c1-15(19-9-8-16(2)25-19)10-11-21-12-18(23)13-22(20(24)14-21)17-6-4-3-5-7-17/h8-9,15,17-18,23H,3-7,10-14H2,1-2H3/t15-,18-/m0/s1. The molecule has 2 fully saturated rings. The van der Waals surface area contributed by atoms with Gasteiger partial charge in [0.25, 0.3) is 0 Å². The van der Waals surface area contributed by atoms with Crippen molar-refractivity contribution in [1.82, 2.24) is 9.80 Å². The Bertz CT molecular complexity index is 565. The molecule has 1 amide bonds. The summed E-state index contributed by atoms with van der Waals surface area (Å²) in [7, 11) is 0. The van der Waals surface area contributed by atoms with Crippen molar-refractivity contribution < 1.29 is 14.3 Å². The van der Waals surface area contributed by atoms with Crippen molar-refractivity contribution >= 4 is 5.91 Å². The van der Waals surface area contributed by atoms with E-state index in [1.165, 1.54) is 19.3 Å². The van der Waals surface area contributed by atoms with Gasteiger partial charge in [-0.05, 0) is 44.9 Å². The van der Waals surface area contributed by atoms with E-state index in [4.69, 9.17) is 4.42 Å². The van der Waals surface area contributed by atoms with E-state index in [1.807, 2.05) is 24.0 Å². The van der Waals surface area contributed by atoms with Gasteiger partial charge in [0, 0.05) is 25.0 Å². The zero-order valence-electron chi connectivity index (χ0n) is 15.6. The number of β-amino-alcohol motifs (C(OH)–C–C–N with tert-alkyl or cyclic N) is 1. The van der Waals surface area contributed by atoms with Crippen LogP contribution in [0.25, 0.3) is 0 Å². The van der Waals surface area contributed by atoms with Crippen molar-refractivity contribution in [3.63, 3.8) is 0 Å². The Morgan fingerprint density at radius 1 is 1.24 bits per heavy atom. The van der Waals surface area contributed by atoms with E-state index < -0.39 is 6.10 Å². The minimum atomic E-state index is -0.450. The van der Waals surface area contributed by atoms with Crippen LogP contribution in [0.1, 0.15) is 62.9 Å². The van der Waals surface area contributed by atoms with Crippen LogP contribution < -0.4 is 0 Å². The van der Waals surface area contributed by atoms with Gasteiger partial charge in [0.05, 0.1) is 12.6 Å². The molecule has 1 aliphatic carbocycles. The number of hydrogen-bond acceptors (Lipinski definition) is 4. The average molecular weight is 348 g/mol. The van der Waals surface area contributed by atoms with Gasteiger partial charge in [0.2, 0.25) is 5.91 Å².